The number of nitrogens with zero attached hydrogens (tertiary/aromatic N) is 1. The maximum Gasteiger partial charge on any atom is 0.0670 e. The lowest BCUT2D eigenvalue weighted by atomic mass is 9.51. The van der Waals surface area contributed by atoms with Crippen molar-refractivity contribution >= 4 is 5.69 Å². The topological polar surface area (TPSA) is 24.5 Å². The number of ether oxygens (including phenoxy) is 1. The smallest absolute Gasteiger partial charge is 0.0670 e. The monoisotopic (exact) mass is 288 g/mol. The van der Waals surface area contributed by atoms with Gasteiger partial charge < -0.3 is 15.0 Å². The molecular formula is C18H28N2O. The number of hydrogen-bond acceptors (Lipinski definition) is 3. The third-order valence-corrected chi connectivity index (χ3v) is 5.23. The molecule has 1 spiro atoms. The molecule has 0 radical (unpaired) electrons. The predicted octanol–water partition coefficient (Wildman–Crippen LogP) is 3.51. The molecule has 21 heavy (non-hydrogen) atoms. The average molecular weight is 288 g/mol. The predicted molar refractivity (Wildman–Crippen MR) is 87.6 cm³/mol. The molecule has 3 rings (SSSR count). The Morgan fingerprint density at radius 1 is 1.24 bits per heavy atom. The van der Waals surface area contributed by atoms with Crippen molar-refractivity contribution in [3.05, 3.63) is 29.8 Å². The minimum Gasteiger partial charge on any atom is -0.382 e. The van der Waals surface area contributed by atoms with Gasteiger partial charge in [0.2, 0.25) is 0 Å². The third kappa shape index (κ3) is 2.82. The van der Waals surface area contributed by atoms with Crippen molar-refractivity contribution in [2.75, 3.05) is 26.0 Å². The molecule has 0 heterocycles. The van der Waals surface area contributed by atoms with E-state index in [4.69, 9.17) is 4.74 Å². The quantitative estimate of drug-likeness (QED) is 0.867. The van der Waals surface area contributed by atoms with Gasteiger partial charge in [-0.2, -0.15) is 0 Å². The van der Waals surface area contributed by atoms with E-state index in [2.05, 4.69) is 55.5 Å². The first kappa shape index (κ1) is 14.9. The van der Waals surface area contributed by atoms with Crippen molar-refractivity contribution in [2.45, 2.75) is 51.3 Å². The van der Waals surface area contributed by atoms with E-state index in [0.29, 0.717) is 17.6 Å². The lowest BCUT2D eigenvalue weighted by Gasteiger charge is -2.61. The molecule has 0 aliphatic heterocycles. The van der Waals surface area contributed by atoms with E-state index in [1.165, 1.54) is 30.5 Å². The molecule has 2 fully saturated rings. The molecule has 1 aromatic rings. The van der Waals surface area contributed by atoms with E-state index in [1.54, 1.807) is 0 Å². The standard InChI is InChI=1S/C18H28N2O/c1-4-21-17-12-16(18(17)10-5-11-18)19-15-8-6-14(7-9-15)13-20(2)3/h6-9,16-17,19H,4-5,10-13H2,1-3H3. The molecular weight excluding hydrogens is 260 g/mol. The Morgan fingerprint density at radius 3 is 2.48 bits per heavy atom. The second-order valence-electron chi connectivity index (χ2n) is 6.90. The molecule has 116 valence electrons. The lowest BCUT2D eigenvalue weighted by molar-refractivity contribution is -0.157. The fraction of sp³-hybridized carbons (Fsp3) is 0.667. The summed E-state index contributed by atoms with van der Waals surface area (Å²) in [6.07, 6.45) is 5.67. The first-order valence-corrected chi connectivity index (χ1v) is 8.26. The van der Waals surface area contributed by atoms with Crippen LogP contribution in [0.4, 0.5) is 5.69 Å². The fourth-order valence-corrected chi connectivity index (χ4v) is 3.91. The van der Waals surface area contributed by atoms with E-state index in [-0.39, 0.29) is 0 Å². The number of anilines is 1. The highest BCUT2D eigenvalue weighted by Gasteiger charge is 2.58. The van der Waals surface area contributed by atoms with Gasteiger partial charge in [-0.1, -0.05) is 18.6 Å². The summed E-state index contributed by atoms with van der Waals surface area (Å²) in [6.45, 7) is 3.95. The molecule has 1 aromatic carbocycles. The molecule has 2 unspecified atom stereocenters. The number of hydrogen-bond donors (Lipinski definition) is 1. The largest absolute Gasteiger partial charge is 0.382 e. The van der Waals surface area contributed by atoms with Gasteiger partial charge in [-0.3, -0.25) is 0 Å². The second-order valence-corrected chi connectivity index (χ2v) is 6.90. The van der Waals surface area contributed by atoms with Crippen LogP contribution in [0.1, 0.15) is 38.2 Å². The second kappa shape index (κ2) is 5.98. The summed E-state index contributed by atoms with van der Waals surface area (Å²) in [5, 5.41) is 3.75. The Balaban J connectivity index is 1.60. The maximum atomic E-state index is 5.92. The zero-order chi connectivity index (χ0) is 14.9. The van der Waals surface area contributed by atoms with Crippen molar-refractivity contribution in [1.82, 2.24) is 4.90 Å². The first-order valence-electron chi connectivity index (χ1n) is 8.26. The minimum atomic E-state index is 0.429. The van der Waals surface area contributed by atoms with E-state index >= 15 is 0 Å². The summed E-state index contributed by atoms with van der Waals surface area (Å²) in [4.78, 5) is 2.20. The molecule has 1 N–H and O–H groups in total. The lowest BCUT2D eigenvalue weighted by Crippen LogP contribution is -2.64. The van der Waals surface area contributed by atoms with Crippen molar-refractivity contribution in [1.29, 1.82) is 0 Å². The van der Waals surface area contributed by atoms with Gasteiger partial charge in [-0.25, -0.2) is 0 Å². The van der Waals surface area contributed by atoms with Crippen LogP contribution in [0.2, 0.25) is 0 Å². The molecule has 0 amide bonds. The van der Waals surface area contributed by atoms with Crippen LogP contribution in [0, 0.1) is 5.41 Å². The molecule has 2 atom stereocenters. The Labute approximate surface area is 128 Å². The van der Waals surface area contributed by atoms with Gasteiger partial charge in [0.25, 0.3) is 0 Å². The zero-order valence-electron chi connectivity index (χ0n) is 13.6. The summed E-state index contributed by atoms with van der Waals surface area (Å²) in [6, 6.07) is 9.50. The summed E-state index contributed by atoms with van der Waals surface area (Å²) < 4.78 is 5.92. The first-order chi connectivity index (χ1) is 10.1. The summed E-state index contributed by atoms with van der Waals surface area (Å²) in [7, 11) is 4.21. The van der Waals surface area contributed by atoms with Crippen LogP contribution in [0.25, 0.3) is 0 Å². The van der Waals surface area contributed by atoms with E-state index < -0.39 is 0 Å². The average Bonchev–Trinajstić information content (AvgIpc) is 2.37. The molecule has 2 saturated carbocycles. The summed E-state index contributed by atoms with van der Waals surface area (Å²) in [5.74, 6) is 0. The molecule has 2 aliphatic carbocycles. The van der Waals surface area contributed by atoms with Crippen LogP contribution in [-0.4, -0.2) is 37.7 Å². The molecule has 0 aromatic heterocycles. The molecule has 0 saturated heterocycles. The van der Waals surface area contributed by atoms with Crippen molar-refractivity contribution in [3.8, 4) is 0 Å². The highest BCUT2D eigenvalue weighted by atomic mass is 16.5. The molecule has 0 bridgehead atoms. The van der Waals surface area contributed by atoms with Gasteiger partial charge in [0.05, 0.1) is 6.10 Å². The summed E-state index contributed by atoms with van der Waals surface area (Å²) in [5.41, 5.74) is 3.05. The van der Waals surface area contributed by atoms with Crippen LogP contribution in [-0.2, 0) is 11.3 Å². The van der Waals surface area contributed by atoms with E-state index in [9.17, 15) is 0 Å². The fourth-order valence-electron chi connectivity index (χ4n) is 3.91. The molecule has 3 heteroatoms. The molecule has 2 aliphatic rings. The Hall–Kier alpha value is -1.06. The van der Waals surface area contributed by atoms with Gasteiger partial charge in [0, 0.05) is 30.3 Å². The third-order valence-electron chi connectivity index (χ3n) is 5.23. The molecule has 3 nitrogen and oxygen atoms in total. The highest BCUT2D eigenvalue weighted by Crippen LogP contribution is 2.58. The van der Waals surface area contributed by atoms with Gasteiger partial charge in [0.15, 0.2) is 0 Å². The summed E-state index contributed by atoms with van der Waals surface area (Å²) >= 11 is 0. The van der Waals surface area contributed by atoms with Crippen molar-refractivity contribution < 1.29 is 4.74 Å². The van der Waals surface area contributed by atoms with E-state index in [0.717, 1.165) is 19.6 Å². The Kier molecular flexibility index (Phi) is 4.23. The van der Waals surface area contributed by atoms with Crippen LogP contribution in [0.5, 0.6) is 0 Å². The van der Waals surface area contributed by atoms with Crippen LogP contribution >= 0.6 is 0 Å². The maximum absolute atomic E-state index is 5.92. The van der Waals surface area contributed by atoms with Gasteiger partial charge in [-0.05, 0) is 58.0 Å². The van der Waals surface area contributed by atoms with Crippen LogP contribution in [0.15, 0.2) is 24.3 Å². The van der Waals surface area contributed by atoms with Gasteiger partial charge >= 0.3 is 0 Å². The SMILES string of the molecule is CCOC1CC(Nc2ccc(CN(C)C)cc2)C12CCC2. The van der Waals surface area contributed by atoms with Crippen LogP contribution in [0.3, 0.4) is 0 Å². The Morgan fingerprint density at radius 2 is 1.95 bits per heavy atom. The Bertz CT molecular complexity index is 465. The minimum absolute atomic E-state index is 0.429. The number of benzene rings is 1. The van der Waals surface area contributed by atoms with E-state index in [1.807, 2.05) is 0 Å². The normalized spacial score (nSPS) is 26.5. The zero-order valence-corrected chi connectivity index (χ0v) is 13.6. The van der Waals surface area contributed by atoms with Crippen molar-refractivity contribution in [2.24, 2.45) is 5.41 Å². The van der Waals surface area contributed by atoms with Gasteiger partial charge in [0.1, 0.15) is 0 Å². The highest BCUT2D eigenvalue weighted by molar-refractivity contribution is 5.47. The van der Waals surface area contributed by atoms with Crippen LogP contribution < -0.4 is 5.32 Å². The van der Waals surface area contributed by atoms with Gasteiger partial charge in [-0.15, -0.1) is 0 Å². The van der Waals surface area contributed by atoms with Crippen molar-refractivity contribution in [3.63, 3.8) is 0 Å². The number of rotatable bonds is 6. The number of nitrogens with one attached hydrogen (secondary N) is 1.